The molecule has 6 nitrogen and oxygen atoms in total. The molecule has 1 aliphatic rings. The van der Waals surface area contributed by atoms with Gasteiger partial charge in [0.25, 0.3) is 0 Å². The smallest absolute Gasteiger partial charge is 0.235 e. The van der Waals surface area contributed by atoms with Gasteiger partial charge in [-0.25, -0.2) is 4.39 Å². The predicted molar refractivity (Wildman–Crippen MR) is 145 cm³/mol. The van der Waals surface area contributed by atoms with Crippen LogP contribution in [0.2, 0.25) is 0 Å². The monoisotopic (exact) mass is 516 g/mol. The average molecular weight is 517 g/mol. The molecule has 4 unspecified atom stereocenters. The number of anilines is 2. The summed E-state index contributed by atoms with van der Waals surface area (Å²) in [6, 6.07) is 16.5. The first-order chi connectivity index (χ1) is 17.9. The summed E-state index contributed by atoms with van der Waals surface area (Å²) < 4.78 is 13.8. The fourth-order valence-corrected chi connectivity index (χ4v) is 5.51. The van der Waals surface area contributed by atoms with Crippen molar-refractivity contribution < 1.29 is 23.9 Å². The molecular weight excluding hydrogens is 483 g/mol. The van der Waals surface area contributed by atoms with Gasteiger partial charge in [0.15, 0.2) is 0 Å². The third kappa shape index (κ3) is 5.53. The first kappa shape index (κ1) is 27.2. The Morgan fingerprint density at radius 1 is 0.842 bits per heavy atom. The molecule has 198 valence electrons. The fraction of sp³-hybridized carbons (Fsp3) is 0.323. The van der Waals surface area contributed by atoms with Crippen molar-refractivity contribution in [3.63, 3.8) is 0 Å². The molecule has 2 amide bonds. The number of ketones is 1. The summed E-state index contributed by atoms with van der Waals surface area (Å²) in [7, 11) is 0. The van der Waals surface area contributed by atoms with Gasteiger partial charge in [0.05, 0.1) is 11.5 Å². The van der Waals surface area contributed by atoms with E-state index in [1.54, 1.807) is 12.1 Å². The third-order valence-electron chi connectivity index (χ3n) is 7.37. The third-order valence-corrected chi connectivity index (χ3v) is 7.37. The van der Waals surface area contributed by atoms with Crippen LogP contribution in [0.5, 0.6) is 0 Å². The molecule has 0 bridgehead atoms. The van der Waals surface area contributed by atoms with Gasteiger partial charge in [-0.3, -0.25) is 14.4 Å². The number of benzene rings is 3. The van der Waals surface area contributed by atoms with Gasteiger partial charge in [-0.05, 0) is 75.6 Å². The van der Waals surface area contributed by atoms with Crippen molar-refractivity contribution in [1.29, 1.82) is 0 Å². The summed E-state index contributed by atoms with van der Waals surface area (Å²) in [5.74, 6) is -5.53. The van der Waals surface area contributed by atoms with Crippen molar-refractivity contribution in [2.24, 2.45) is 11.8 Å². The number of nitrogens with one attached hydrogen (secondary N) is 2. The van der Waals surface area contributed by atoms with E-state index in [0.717, 1.165) is 22.3 Å². The Labute approximate surface area is 222 Å². The highest BCUT2D eigenvalue weighted by Crippen LogP contribution is 2.46. The van der Waals surface area contributed by atoms with Crippen LogP contribution < -0.4 is 10.6 Å². The van der Waals surface area contributed by atoms with Crippen LogP contribution in [0.1, 0.15) is 47.1 Å². The van der Waals surface area contributed by atoms with Gasteiger partial charge in [0, 0.05) is 23.7 Å². The number of hydrogen-bond acceptors (Lipinski definition) is 4. The van der Waals surface area contributed by atoms with Crippen LogP contribution >= 0.6 is 0 Å². The number of hydrogen-bond donors (Lipinski definition) is 3. The van der Waals surface area contributed by atoms with Gasteiger partial charge in [0.1, 0.15) is 17.5 Å². The highest BCUT2D eigenvalue weighted by molar-refractivity contribution is 6.10. The molecule has 3 N–H and O–H groups in total. The number of amides is 2. The normalized spacial score (nSPS) is 23.1. The lowest BCUT2D eigenvalue weighted by Gasteiger charge is -2.44. The van der Waals surface area contributed by atoms with Crippen LogP contribution in [0, 0.1) is 45.3 Å². The Kier molecular flexibility index (Phi) is 7.51. The van der Waals surface area contributed by atoms with E-state index < -0.39 is 46.8 Å². The van der Waals surface area contributed by atoms with Crippen LogP contribution in [0.4, 0.5) is 15.8 Å². The van der Waals surface area contributed by atoms with Crippen molar-refractivity contribution in [3.8, 4) is 0 Å². The first-order valence-electron chi connectivity index (χ1n) is 12.6. The number of aliphatic hydroxyl groups is 1. The lowest BCUT2D eigenvalue weighted by Crippen LogP contribution is -2.56. The Hall–Kier alpha value is -3.84. The molecule has 0 saturated heterocycles. The van der Waals surface area contributed by atoms with E-state index in [0.29, 0.717) is 16.9 Å². The van der Waals surface area contributed by atoms with E-state index in [1.165, 1.54) is 31.2 Å². The predicted octanol–water partition coefficient (Wildman–Crippen LogP) is 5.38. The molecule has 1 saturated carbocycles. The molecule has 0 aromatic heterocycles. The molecule has 0 radical (unpaired) electrons. The highest BCUT2D eigenvalue weighted by atomic mass is 19.1. The second kappa shape index (κ2) is 10.5. The van der Waals surface area contributed by atoms with Crippen LogP contribution in [-0.2, 0) is 14.4 Å². The second-order valence-electron chi connectivity index (χ2n) is 10.6. The van der Waals surface area contributed by atoms with Crippen molar-refractivity contribution in [2.75, 3.05) is 10.6 Å². The quantitative estimate of drug-likeness (QED) is 0.397. The standard InChI is InChI=1S/C31H33FN2O4/c1-17-6-12-23(19(3)14-17)33-29(36)27-25(35)16-31(5,38)28(26(27)21-8-10-22(32)11-9-21)30(37)34-24-13-7-18(2)15-20(24)4/h6-15,26-28,38H,16H2,1-5H3,(H,33,36)(H,34,37). The second-order valence-corrected chi connectivity index (χ2v) is 10.6. The molecular formula is C31H33FN2O4. The van der Waals surface area contributed by atoms with Crippen molar-refractivity contribution >= 4 is 29.0 Å². The lowest BCUT2D eigenvalue weighted by molar-refractivity contribution is -0.150. The minimum absolute atomic E-state index is 0.374. The van der Waals surface area contributed by atoms with Gasteiger partial charge in [-0.1, -0.05) is 47.5 Å². The number of halogens is 1. The number of carbonyl (C=O) groups is 3. The van der Waals surface area contributed by atoms with Gasteiger partial charge in [-0.15, -0.1) is 0 Å². The van der Waals surface area contributed by atoms with Crippen LogP contribution in [0.25, 0.3) is 0 Å². The first-order valence-corrected chi connectivity index (χ1v) is 12.6. The maximum Gasteiger partial charge on any atom is 0.235 e. The molecule has 3 aromatic rings. The molecule has 3 aromatic carbocycles. The highest BCUT2D eigenvalue weighted by Gasteiger charge is 2.56. The van der Waals surface area contributed by atoms with Crippen LogP contribution in [-0.4, -0.2) is 28.3 Å². The van der Waals surface area contributed by atoms with E-state index in [9.17, 15) is 23.9 Å². The number of Topliss-reactive ketones (excluding diaryl/α,β-unsaturated/α-hetero) is 1. The van der Waals surface area contributed by atoms with E-state index in [2.05, 4.69) is 10.6 Å². The molecule has 0 heterocycles. The molecule has 1 aliphatic carbocycles. The minimum Gasteiger partial charge on any atom is -0.389 e. The Bertz CT molecular complexity index is 1400. The van der Waals surface area contributed by atoms with Gasteiger partial charge >= 0.3 is 0 Å². The zero-order chi connectivity index (χ0) is 27.8. The van der Waals surface area contributed by atoms with Gasteiger partial charge in [0.2, 0.25) is 11.8 Å². The summed E-state index contributed by atoms with van der Waals surface area (Å²) in [6.45, 7) is 9.04. The van der Waals surface area contributed by atoms with Gasteiger partial charge < -0.3 is 15.7 Å². The Morgan fingerprint density at radius 2 is 1.34 bits per heavy atom. The fourth-order valence-electron chi connectivity index (χ4n) is 5.51. The van der Waals surface area contributed by atoms with Crippen molar-refractivity contribution in [1.82, 2.24) is 0 Å². The topological polar surface area (TPSA) is 95.5 Å². The molecule has 0 aliphatic heterocycles. The average Bonchev–Trinajstić information content (AvgIpc) is 2.82. The maximum absolute atomic E-state index is 13.8. The van der Waals surface area contributed by atoms with Crippen molar-refractivity contribution in [3.05, 3.63) is 94.3 Å². The minimum atomic E-state index is -1.74. The van der Waals surface area contributed by atoms with E-state index in [-0.39, 0.29) is 6.42 Å². The number of rotatable bonds is 5. The number of aryl methyl sites for hydroxylation is 4. The maximum atomic E-state index is 13.8. The zero-order valence-electron chi connectivity index (χ0n) is 22.3. The largest absolute Gasteiger partial charge is 0.389 e. The summed E-state index contributed by atoms with van der Waals surface area (Å²) >= 11 is 0. The zero-order valence-corrected chi connectivity index (χ0v) is 22.3. The molecule has 0 spiro atoms. The Balaban J connectivity index is 1.77. The molecule has 4 rings (SSSR count). The molecule has 4 atom stereocenters. The van der Waals surface area contributed by atoms with Crippen LogP contribution in [0.3, 0.4) is 0 Å². The summed E-state index contributed by atoms with van der Waals surface area (Å²) in [5, 5.41) is 17.2. The van der Waals surface area contributed by atoms with E-state index in [4.69, 9.17) is 0 Å². The summed E-state index contributed by atoms with van der Waals surface area (Å²) in [4.78, 5) is 40.9. The van der Waals surface area contributed by atoms with E-state index >= 15 is 0 Å². The molecule has 7 heteroatoms. The summed E-state index contributed by atoms with van der Waals surface area (Å²) in [5.41, 5.74) is 3.53. The Morgan fingerprint density at radius 3 is 1.84 bits per heavy atom. The summed E-state index contributed by atoms with van der Waals surface area (Å²) in [6.07, 6.45) is -0.374. The van der Waals surface area contributed by atoms with E-state index in [1.807, 2.05) is 52.0 Å². The molecule has 1 fully saturated rings. The lowest BCUT2D eigenvalue weighted by atomic mass is 9.61. The number of carbonyl (C=O) groups excluding carboxylic acids is 3. The SMILES string of the molecule is Cc1ccc(NC(=O)C2C(=O)CC(C)(O)C(C(=O)Nc3ccc(C)cc3C)C2c2ccc(F)cc2)c(C)c1. The van der Waals surface area contributed by atoms with Crippen molar-refractivity contribution in [2.45, 2.75) is 52.6 Å². The van der Waals surface area contributed by atoms with Crippen LogP contribution in [0.15, 0.2) is 60.7 Å². The van der Waals surface area contributed by atoms with Gasteiger partial charge in [-0.2, -0.15) is 0 Å². The molecule has 38 heavy (non-hydrogen) atoms.